The summed E-state index contributed by atoms with van der Waals surface area (Å²) >= 11 is 0. The van der Waals surface area contributed by atoms with E-state index < -0.39 is 17.8 Å². The molecule has 4 rings (SSSR count). The molecule has 3 amide bonds. The zero-order valence-corrected chi connectivity index (χ0v) is 30.2. The maximum absolute atomic E-state index is 12.8. The van der Waals surface area contributed by atoms with Crippen molar-refractivity contribution in [1.82, 2.24) is 30.4 Å². The lowest BCUT2D eigenvalue weighted by molar-refractivity contribution is -0.133. The summed E-state index contributed by atoms with van der Waals surface area (Å²) in [5.41, 5.74) is 2.33. The van der Waals surface area contributed by atoms with Crippen molar-refractivity contribution in [2.45, 2.75) is 70.7 Å². The number of hydrogen-bond acceptors (Lipinski definition) is 12. The summed E-state index contributed by atoms with van der Waals surface area (Å²) in [6, 6.07) is 10.1. The van der Waals surface area contributed by atoms with Crippen molar-refractivity contribution in [3.8, 4) is 0 Å². The summed E-state index contributed by atoms with van der Waals surface area (Å²) in [4.78, 5) is 49.5. The molecule has 0 radical (unpaired) electrons. The van der Waals surface area contributed by atoms with Crippen molar-refractivity contribution in [2.24, 2.45) is 0 Å². The smallest absolute Gasteiger partial charge is 0.407 e. The number of β-amino-alcohol motifs (C(OH)–C–C–N with tert-alkyl or cyclic N) is 1. The molecule has 2 aliphatic heterocycles. The quantitative estimate of drug-likeness (QED) is 0.156. The van der Waals surface area contributed by atoms with Crippen LogP contribution in [0.2, 0.25) is 0 Å². The van der Waals surface area contributed by atoms with Crippen LogP contribution < -0.4 is 16.0 Å². The number of alkyl carbamates (subject to hydrolysis) is 1. The predicted molar refractivity (Wildman–Crippen MR) is 190 cm³/mol. The standard InChI is InChI=1S/C36H55N7O8/c1-36(2,3)51-35(47)37-12-17-49-19-21-50-20-18-48-16-11-33(45)43-14-9-29(10-15-43)41-32-22-31(39-26-40-32)34(46)38-23-30(44)25-42-13-8-27-6-4-5-7-28(27)24-42/h4-7,22,26,29-30,44H,8-21,23-25H2,1-3H3,(H,37,47)(H,38,46)(H,39,40,41)/t30-/m0/s1. The minimum absolute atomic E-state index is 0.0519. The Labute approximate surface area is 300 Å². The lowest BCUT2D eigenvalue weighted by Gasteiger charge is -2.32. The van der Waals surface area contributed by atoms with Crippen LogP contribution in [0.4, 0.5) is 10.6 Å². The van der Waals surface area contributed by atoms with Gasteiger partial charge in [0, 0.05) is 57.9 Å². The number of aromatic nitrogens is 2. The monoisotopic (exact) mass is 713 g/mol. The van der Waals surface area contributed by atoms with Gasteiger partial charge in [-0.15, -0.1) is 0 Å². The fraction of sp³-hybridized carbons (Fsp3) is 0.639. The summed E-state index contributed by atoms with van der Waals surface area (Å²) in [5.74, 6) is 0.231. The predicted octanol–water partition coefficient (Wildman–Crippen LogP) is 1.99. The topological polar surface area (TPSA) is 177 Å². The molecular formula is C36H55N7O8. The molecule has 15 heteroatoms. The Kier molecular flexibility index (Phi) is 16.3. The number of aliphatic hydroxyl groups excluding tert-OH is 1. The van der Waals surface area contributed by atoms with E-state index in [0.29, 0.717) is 78.1 Å². The van der Waals surface area contributed by atoms with E-state index in [9.17, 15) is 19.5 Å². The highest BCUT2D eigenvalue weighted by molar-refractivity contribution is 5.92. The third-order valence-corrected chi connectivity index (χ3v) is 8.40. The van der Waals surface area contributed by atoms with E-state index >= 15 is 0 Å². The van der Waals surface area contributed by atoms with E-state index in [1.54, 1.807) is 26.8 Å². The normalized spacial score (nSPS) is 15.9. The first-order valence-corrected chi connectivity index (χ1v) is 17.9. The molecule has 2 aromatic rings. The molecule has 282 valence electrons. The Morgan fingerprint density at radius 1 is 0.922 bits per heavy atom. The van der Waals surface area contributed by atoms with Gasteiger partial charge in [-0.25, -0.2) is 14.8 Å². The average molecular weight is 714 g/mol. The molecule has 51 heavy (non-hydrogen) atoms. The molecule has 0 bridgehead atoms. The van der Waals surface area contributed by atoms with Crippen molar-refractivity contribution in [2.75, 3.05) is 84.2 Å². The molecule has 4 N–H and O–H groups in total. The number of aliphatic hydroxyl groups is 1. The number of hydrogen-bond donors (Lipinski definition) is 4. The molecule has 15 nitrogen and oxygen atoms in total. The number of nitrogens with zero attached hydrogens (tertiary/aromatic N) is 4. The van der Waals surface area contributed by atoms with Crippen LogP contribution in [0.25, 0.3) is 0 Å². The second-order valence-corrected chi connectivity index (χ2v) is 13.7. The van der Waals surface area contributed by atoms with Crippen LogP contribution in [0.1, 0.15) is 61.6 Å². The highest BCUT2D eigenvalue weighted by atomic mass is 16.6. The van der Waals surface area contributed by atoms with Gasteiger partial charge in [0.05, 0.1) is 52.2 Å². The summed E-state index contributed by atoms with van der Waals surface area (Å²) in [6.45, 7) is 11.5. The number of nitrogens with one attached hydrogen (secondary N) is 3. The number of ether oxygens (including phenoxy) is 4. The summed E-state index contributed by atoms with van der Waals surface area (Å²) in [6.07, 6.45) is 2.93. The molecule has 1 saturated heterocycles. The summed E-state index contributed by atoms with van der Waals surface area (Å²) in [7, 11) is 0. The SMILES string of the molecule is CC(C)(C)OC(=O)NCCOCCOCCOCCC(=O)N1CCC(Nc2cc(C(=O)NC[C@H](O)CN3CCc4ccccc4C3)ncn2)CC1. The van der Waals surface area contributed by atoms with Gasteiger partial charge in [0.25, 0.3) is 5.91 Å². The molecule has 0 spiro atoms. The van der Waals surface area contributed by atoms with Crippen LogP contribution in [0, 0.1) is 0 Å². The Hall–Kier alpha value is -3.89. The van der Waals surface area contributed by atoms with E-state index in [1.807, 2.05) is 11.0 Å². The largest absolute Gasteiger partial charge is 0.444 e. The highest BCUT2D eigenvalue weighted by Gasteiger charge is 2.24. The van der Waals surface area contributed by atoms with Gasteiger partial charge in [-0.05, 0) is 51.2 Å². The van der Waals surface area contributed by atoms with Gasteiger partial charge in [0.1, 0.15) is 23.4 Å². The van der Waals surface area contributed by atoms with Crippen LogP contribution in [0.15, 0.2) is 36.7 Å². The first kappa shape index (κ1) is 39.9. The zero-order chi connectivity index (χ0) is 36.5. The lowest BCUT2D eigenvalue weighted by Crippen LogP contribution is -2.43. The van der Waals surface area contributed by atoms with Crippen molar-refractivity contribution >= 4 is 23.7 Å². The molecule has 0 unspecified atom stereocenters. The van der Waals surface area contributed by atoms with Crippen molar-refractivity contribution in [3.63, 3.8) is 0 Å². The maximum atomic E-state index is 12.8. The number of piperidine rings is 1. The molecule has 1 fully saturated rings. The fourth-order valence-electron chi connectivity index (χ4n) is 5.82. The average Bonchev–Trinajstić information content (AvgIpc) is 3.10. The Balaban J connectivity index is 1.01. The third-order valence-electron chi connectivity index (χ3n) is 8.40. The molecule has 0 saturated carbocycles. The molecule has 2 aliphatic rings. The number of anilines is 1. The Morgan fingerprint density at radius 2 is 1.61 bits per heavy atom. The van der Waals surface area contributed by atoms with E-state index in [0.717, 1.165) is 32.4 Å². The van der Waals surface area contributed by atoms with Gasteiger partial charge in [-0.3, -0.25) is 14.5 Å². The highest BCUT2D eigenvalue weighted by Crippen LogP contribution is 2.19. The number of fused-ring (bicyclic) bond motifs is 1. The van der Waals surface area contributed by atoms with E-state index in [1.165, 1.54) is 17.5 Å². The number of carbonyl (C=O) groups is 3. The number of carbonyl (C=O) groups excluding carboxylic acids is 3. The van der Waals surface area contributed by atoms with Crippen molar-refractivity contribution < 1.29 is 38.4 Å². The van der Waals surface area contributed by atoms with Gasteiger partial charge in [0.15, 0.2) is 0 Å². The van der Waals surface area contributed by atoms with Gasteiger partial charge >= 0.3 is 6.09 Å². The van der Waals surface area contributed by atoms with Gasteiger partial charge < -0.3 is 44.9 Å². The van der Waals surface area contributed by atoms with Crippen molar-refractivity contribution in [3.05, 3.63) is 53.5 Å². The summed E-state index contributed by atoms with van der Waals surface area (Å²) < 4.78 is 21.6. The lowest BCUT2D eigenvalue weighted by atomic mass is 10.00. The number of rotatable bonds is 19. The minimum atomic E-state index is -0.697. The van der Waals surface area contributed by atoms with Gasteiger partial charge in [0.2, 0.25) is 5.91 Å². The van der Waals surface area contributed by atoms with Gasteiger partial charge in [-0.1, -0.05) is 24.3 Å². The first-order valence-electron chi connectivity index (χ1n) is 17.9. The van der Waals surface area contributed by atoms with Crippen LogP contribution >= 0.6 is 0 Å². The second-order valence-electron chi connectivity index (χ2n) is 13.7. The summed E-state index contributed by atoms with van der Waals surface area (Å²) in [5, 5.41) is 19.4. The van der Waals surface area contributed by atoms with Crippen LogP contribution in [0.3, 0.4) is 0 Å². The fourth-order valence-corrected chi connectivity index (χ4v) is 5.82. The van der Waals surface area contributed by atoms with Crippen LogP contribution in [0.5, 0.6) is 0 Å². The Bertz CT molecular complexity index is 1380. The number of benzene rings is 1. The maximum Gasteiger partial charge on any atom is 0.407 e. The molecule has 1 aromatic carbocycles. The van der Waals surface area contributed by atoms with E-state index in [4.69, 9.17) is 18.9 Å². The first-order chi connectivity index (χ1) is 24.6. The number of amides is 3. The third kappa shape index (κ3) is 15.1. The van der Waals surface area contributed by atoms with E-state index in [-0.39, 0.29) is 30.1 Å². The number of likely N-dealkylation sites (tertiary alicyclic amines) is 1. The van der Waals surface area contributed by atoms with E-state index in [2.05, 4.69) is 49.0 Å². The molecule has 0 aliphatic carbocycles. The Morgan fingerprint density at radius 3 is 2.33 bits per heavy atom. The molecule has 3 heterocycles. The molecule has 1 atom stereocenters. The van der Waals surface area contributed by atoms with Crippen LogP contribution in [-0.4, -0.2) is 139 Å². The van der Waals surface area contributed by atoms with Gasteiger partial charge in [-0.2, -0.15) is 0 Å². The van der Waals surface area contributed by atoms with Crippen LogP contribution in [-0.2, 0) is 36.7 Å². The minimum Gasteiger partial charge on any atom is -0.444 e. The van der Waals surface area contributed by atoms with Crippen molar-refractivity contribution in [1.29, 1.82) is 0 Å². The second kappa shape index (κ2) is 20.8. The molecule has 1 aromatic heterocycles. The zero-order valence-electron chi connectivity index (χ0n) is 30.2. The molecular weight excluding hydrogens is 658 g/mol.